The minimum absolute atomic E-state index is 0.196. The predicted octanol–water partition coefficient (Wildman–Crippen LogP) is 1.98. The van der Waals surface area contributed by atoms with Crippen molar-refractivity contribution in [2.75, 3.05) is 20.3 Å². The summed E-state index contributed by atoms with van der Waals surface area (Å²) in [7, 11) is 1.62. The summed E-state index contributed by atoms with van der Waals surface area (Å²) in [5.41, 5.74) is 1.18. The van der Waals surface area contributed by atoms with Gasteiger partial charge in [0.1, 0.15) is 0 Å². The summed E-state index contributed by atoms with van der Waals surface area (Å²) in [5, 5.41) is 12.2. The van der Waals surface area contributed by atoms with E-state index >= 15 is 0 Å². The summed E-state index contributed by atoms with van der Waals surface area (Å²) in [5.74, 6) is 0.647. The van der Waals surface area contributed by atoms with E-state index in [1.54, 1.807) is 7.11 Å². The van der Waals surface area contributed by atoms with Crippen LogP contribution in [-0.2, 0) is 6.54 Å². The van der Waals surface area contributed by atoms with Crippen LogP contribution in [0.4, 0.5) is 0 Å². The van der Waals surface area contributed by atoms with Gasteiger partial charge in [-0.1, -0.05) is 19.9 Å². The lowest BCUT2D eigenvalue weighted by Gasteiger charge is -2.24. The van der Waals surface area contributed by atoms with Crippen molar-refractivity contribution in [3.8, 4) is 5.88 Å². The average Bonchev–Trinajstić information content (AvgIpc) is 2.36. The van der Waals surface area contributed by atoms with E-state index in [0.29, 0.717) is 5.88 Å². The number of methoxy groups -OCH3 is 1. The number of hydrogen-bond donors (Lipinski definition) is 2. The molecular weight excluding hydrogens is 228 g/mol. The summed E-state index contributed by atoms with van der Waals surface area (Å²) in [4.78, 5) is 4.35. The molecule has 0 bridgehead atoms. The van der Waals surface area contributed by atoms with Crippen LogP contribution in [0.1, 0.15) is 32.4 Å². The first-order valence-corrected chi connectivity index (χ1v) is 6.39. The SMILES string of the molecule is COc1cccc(CNCC(C)(C)CCCO)n1. The highest BCUT2D eigenvalue weighted by atomic mass is 16.5. The summed E-state index contributed by atoms with van der Waals surface area (Å²) < 4.78 is 5.09. The van der Waals surface area contributed by atoms with Crippen LogP contribution < -0.4 is 10.1 Å². The van der Waals surface area contributed by atoms with Crippen LogP contribution in [0.3, 0.4) is 0 Å². The van der Waals surface area contributed by atoms with E-state index in [1.807, 2.05) is 18.2 Å². The van der Waals surface area contributed by atoms with E-state index in [4.69, 9.17) is 9.84 Å². The topological polar surface area (TPSA) is 54.4 Å². The Morgan fingerprint density at radius 2 is 2.17 bits per heavy atom. The van der Waals surface area contributed by atoms with Gasteiger partial charge in [-0.15, -0.1) is 0 Å². The molecule has 0 atom stereocenters. The summed E-state index contributed by atoms with van der Waals surface area (Å²) >= 11 is 0. The number of pyridine rings is 1. The Morgan fingerprint density at radius 1 is 1.39 bits per heavy atom. The molecule has 0 aliphatic rings. The molecule has 0 saturated heterocycles. The maximum Gasteiger partial charge on any atom is 0.213 e. The second kappa shape index (κ2) is 7.34. The van der Waals surface area contributed by atoms with Crippen molar-refractivity contribution < 1.29 is 9.84 Å². The summed E-state index contributed by atoms with van der Waals surface area (Å²) in [6.45, 7) is 6.32. The van der Waals surface area contributed by atoms with E-state index < -0.39 is 0 Å². The molecule has 0 spiro atoms. The van der Waals surface area contributed by atoms with Crippen LogP contribution in [-0.4, -0.2) is 30.4 Å². The molecule has 0 saturated carbocycles. The third-order valence-corrected chi connectivity index (χ3v) is 2.91. The molecule has 0 unspecified atom stereocenters. The standard InChI is InChI=1S/C14H24N2O2/c1-14(2,8-5-9-17)11-15-10-12-6-4-7-13(16-12)18-3/h4,6-7,15,17H,5,8-11H2,1-3H3. The quantitative estimate of drug-likeness (QED) is 0.743. The molecule has 0 amide bonds. The number of hydrogen-bond acceptors (Lipinski definition) is 4. The highest BCUT2D eigenvalue weighted by Gasteiger charge is 2.16. The van der Waals surface area contributed by atoms with Crippen LogP contribution in [0.25, 0.3) is 0 Å². The summed E-state index contributed by atoms with van der Waals surface area (Å²) in [6.07, 6.45) is 1.87. The molecule has 4 nitrogen and oxygen atoms in total. The zero-order chi connectivity index (χ0) is 13.4. The van der Waals surface area contributed by atoms with Crippen LogP contribution in [0.2, 0.25) is 0 Å². The number of ether oxygens (including phenoxy) is 1. The molecule has 0 aliphatic carbocycles. The number of nitrogens with zero attached hydrogens (tertiary/aromatic N) is 1. The third-order valence-electron chi connectivity index (χ3n) is 2.91. The molecule has 0 aliphatic heterocycles. The molecule has 0 radical (unpaired) electrons. The van der Waals surface area contributed by atoms with Gasteiger partial charge in [0.15, 0.2) is 0 Å². The highest BCUT2D eigenvalue weighted by Crippen LogP contribution is 2.20. The van der Waals surface area contributed by atoms with Crippen molar-refractivity contribution in [3.05, 3.63) is 23.9 Å². The van der Waals surface area contributed by atoms with Gasteiger partial charge in [-0.05, 0) is 24.3 Å². The van der Waals surface area contributed by atoms with Crippen molar-refractivity contribution in [2.45, 2.75) is 33.2 Å². The van der Waals surface area contributed by atoms with Gasteiger partial charge in [0.2, 0.25) is 5.88 Å². The average molecular weight is 252 g/mol. The van der Waals surface area contributed by atoms with Crippen LogP contribution >= 0.6 is 0 Å². The Labute approximate surface area is 109 Å². The Hall–Kier alpha value is -1.13. The minimum Gasteiger partial charge on any atom is -0.481 e. The Balaban J connectivity index is 2.36. The molecule has 1 aromatic rings. The van der Waals surface area contributed by atoms with Crippen LogP contribution in [0.15, 0.2) is 18.2 Å². The van der Waals surface area contributed by atoms with Gasteiger partial charge in [-0.2, -0.15) is 0 Å². The monoisotopic (exact) mass is 252 g/mol. The molecule has 4 heteroatoms. The number of aliphatic hydroxyl groups is 1. The fourth-order valence-corrected chi connectivity index (χ4v) is 1.84. The molecule has 1 heterocycles. The number of rotatable bonds is 8. The highest BCUT2D eigenvalue weighted by molar-refractivity contribution is 5.15. The second-order valence-corrected chi connectivity index (χ2v) is 5.27. The lowest BCUT2D eigenvalue weighted by molar-refractivity contribution is 0.236. The molecule has 1 aromatic heterocycles. The maximum absolute atomic E-state index is 8.85. The third kappa shape index (κ3) is 5.47. The fraction of sp³-hybridized carbons (Fsp3) is 0.643. The number of aromatic nitrogens is 1. The Morgan fingerprint density at radius 3 is 2.83 bits per heavy atom. The minimum atomic E-state index is 0.196. The molecule has 102 valence electrons. The van der Waals surface area contributed by atoms with Crippen molar-refractivity contribution in [1.29, 1.82) is 0 Å². The predicted molar refractivity (Wildman–Crippen MR) is 72.6 cm³/mol. The van der Waals surface area contributed by atoms with Crippen molar-refractivity contribution in [1.82, 2.24) is 10.3 Å². The largest absolute Gasteiger partial charge is 0.481 e. The zero-order valence-electron chi connectivity index (χ0n) is 11.6. The van der Waals surface area contributed by atoms with Gasteiger partial charge < -0.3 is 15.2 Å². The summed E-state index contributed by atoms with van der Waals surface area (Å²) in [6, 6.07) is 5.77. The van der Waals surface area contributed by atoms with Crippen molar-refractivity contribution in [3.63, 3.8) is 0 Å². The molecular formula is C14H24N2O2. The van der Waals surface area contributed by atoms with Gasteiger partial charge >= 0.3 is 0 Å². The Kier molecular flexibility index (Phi) is 6.09. The zero-order valence-corrected chi connectivity index (χ0v) is 11.6. The first kappa shape index (κ1) is 14.9. The van der Waals surface area contributed by atoms with Crippen LogP contribution in [0.5, 0.6) is 5.88 Å². The molecule has 0 fully saturated rings. The van der Waals surface area contributed by atoms with E-state index in [9.17, 15) is 0 Å². The lowest BCUT2D eigenvalue weighted by Crippen LogP contribution is -2.29. The second-order valence-electron chi connectivity index (χ2n) is 5.27. The van der Waals surface area contributed by atoms with Gasteiger partial charge in [0.05, 0.1) is 12.8 Å². The van der Waals surface area contributed by atoms with E-state index in [2.05, 4.69) is 24.1 Å². The molecule has 1 rings (SSSR count). The van der Waals surface area contributed by atoms with Gasteiger partial charge in [0, 0.05) is 25.8 Å². The molecule has 2 N–H and O–H groups in total. The van der Waals surface area contributed by atoms with Gasteiger partial charge in [-0.3, -0.25) is 0 Å². The maximum atomic E-state index is 8.85. The first-order valence-electron chi connectivity index (χ1n) is 6.39. The van der Waals surface area contributed by atoms with Crippen molar-refractivity contribution in [2.24, 2.45) is 5.41 Å². The van der Waals surface area contributed by atoms with Crippen molar-refractivity contribution >= 4 is 0 Å². The van der Waals surface area contributed by atoms with E-state index in [0.717, 1.165) is 31.6 Å². The number of aliphatic hydroxyl groups excluding tert-OH is 1. The fourth-order valence-electron chi connectivity index (χ4n) is 1.84. The van der Waals surface area contributed by atoms with E-state index in [1.165, 1.54) is 0 Å². The smallest absolute Gasteiger partial charge is 0.213 e. The van der Waals surface area contributed by atoms with E-state index in [-0.39, 0.29) is 12.0 Å². The van der Waals surface area contributed by atoms with Gasteiger partial charge in [-0.25, -0.2) is 4.98 Å². The Bertz CT molecular complexity index is 353. The van der Waals surface area contributed by atoms with Crippen LogP contribution in [0, 0.1) is 5.41 Å². The lowest BCUT2D eigenvalue weighted by atomic mass is 9.88. The molecule has 18 heavy (non-hydrogen) atoms. The normalized spacial score (nSPS) is 11.6. The molecule has 0 aromatic carbocycles. The van der Waals surface area contributed by atoms with Gasteiger partial charge in [0.25, 0.3) is 0 Å². The first-order chi connectivity index (χ1) is 8.57. The number of nitrogens with one attached hydrogen (secondary N) is 1.